The van der Waals surface area contributed by atoms with Crippen LogP contribution in [-0.2, 0) is 0 Å². The Kier molecular flexibility index (Phi) is 6.86. The van der Waals surface area contributed by atoms with Gasteiger partial charge in [-0.2, -0.15) is 0 Å². The number of rotatable bonds is 5. The normalized spacial score (nSPS) is 16.2. The van der Waals surface area contributed by atoms with Gasteiger partial charge >= 0.3 is 0 Å². The summed E-state index contributed by atoms with van der Waals surface area (Å²) in [5.41, 5.74) is 9.37. The van der Waals surface area contributed by atoms with Crippen molar-refractivity contribution in [1.82, 2.24) is 15.2 Å². The Morgan fingerprint density at radius 1 is 0.520 bits per heavy atom. The molecular weight excluding hydrogens is 629 g/mol. The molecule has 0 radical (unpaired) electrons. The van der Waals surface area contributed by atoms with Gasteiger partial charge in [-0.1, -0.05) is 140 Å². The van der Waals surface area contributed by atoms with E-state index in [1.165, 1.54) is 58.7 Å². The van der Waals surface area contributed by atoms with Crippen LogP contribution in [0.15, 0.2) is 175 Å². The summed E-state index contributed by atoms with van der Waals surface area (Å²) in [6.45, 7) is 0. The molecule has 7 aromatic carbocycles. The number of hydrogen-bond acceptors (Lipinski definition) is 4. The molecule has 2 N–H and O–H groups in total. The molecule has 238 valence electrons. The summed E-state index contributed by atoms with van der Waals surface area (Å²) in [7, 11) is 0. The summed E-state index contributed by atoms with van der Waals surface area (Å²) in [5, 5.41) is 12.5. The molecule has 0 spiro atoms. The largest absolute Gasteiger partial charge is 0.350 e. The molecule has 3 heterocycles. The summed E-state index contributed by atoms with van der Waals surface area (Å²) < 4.78 is 5.06. The predicted octanol–water partition coefficient (Wildman–Crippen LogP) is 11.2. The van der Waals surface area contributed by atoms with Gasteiger partial charge in [0.15, 0.2) is 0 Å². The first-order valence-corrected chi connectivity index (χ1v) is 17.9. The third kappa shape index (κ3) is 4.82. The van der Waals surface area contributed by atoms with Crippen molar-refractivity contribution in [1.29, 1.82) is 0 Å². The van der Waals surface area contributed by atoms with Gasteiger partial charge in [-0.3, -0.25) is 5.32 Å². The number of amidine groups is 1. The van der Waals surface area contributed by atoms with Gasteiger partial charge in [-0.15, -0.1) is 11.3 Å². The van der Waals surface area contributed by atoms with Crippen molar-refractivity contribution in [2.75, 3.05) is 0 Å². The van der Waals surface area contributed by atoms with E-state index in [2.05, 4.69) is 179 Å². The third-order valence-electron chi connectivity index (χ3n) is 9.90. The van der Waals surface area contributed by atoms with Gasteiger partial charge in [0, 0.05) is 42.2 Å². The van der Waals surface area contributed by atoms with Crippen LogP contribution < -0.4 is 10.6 Å². The van der Waals surface area contributed by atoms with Crippen molar-refractivity contribution in [3.63, 3.8) is 0 Å². The third-order valence-corrected chi connectivity index (χ3v) is 11.1. The standard InChI is InChI=1S/C45H32N4S/c1-3-12-29(13-4-1)43-46-44(30-14-5-2-6-15-30)48-45(47-43)31-22-25-33(26-23-31)49-39-20-9-7-16-35(39)36-27-24-32(28-40(36)49)34-18-11-19-38-37-17-8-10-21-41(37)50-42(34)38/h1-28,43,45,47H,(H,46,48). The van der Waals surface area contributed by atoms with Gasteiger partial charge < -0.3 is 9.88 Å². The van der Waals surface area contributed by atoms with Gasteiger partial charge in [-0.25, -0.2) is 4.99 Å². The van der Waals surface area contributed by atoms with E-state index < -0.39 is 0 Å². The number of nitrogens with one attached hydrogen (secondary N) is 2. The number of nitrogens with zero attached hydrogens (tertiary/aromatic N) is 2. The van der Waals surface area contributed by atoms with Crippen LogP contribution >= 0.6 is 11.3 Å². The van der Waals surface area contributed by atoms with Crippen LogP contribution in [0, 0.1) is 0 Å². The second kappa shape index (κ2) is 11.8. The number of thiophene rings is 1. The van der Waals surface area contributed by atoms with Crippen LogP contribution in [0.5, 0.6) is 0 Å². The molecule has 0 aliphatic carbocycles. The predicted molar refractivity (Wildman–Crippen MR) is 210 cm³/mol. The highest BCUT2D eigenvalue weighted by Crippen LogP contribution is 2.42. The number of benzene rings is 7. The summed E-state index contributed by atoms with van der Waals surface area (Å²) in [5.74, 6) is 0.885. The molecule has 9 aromatic rings. The minimum absolute atomic E-state index is 0.0743. The highest BCUT2D eigenvalue weighted by molar-refractivity contribution is 7.26. The van der Waals surface area contributed by atoms with Crippen molar-refractivity contribution < 1.29 is 0 Å². The lowest BCUT2D eigenvalue weighted by Gasteiger charge is -2.32. The highest BCUT2D eigenvalue weighted by Gasteiger charge is 2.25. The van der Waals surface area contributed by atoms with Crippen LogP contribution in [0.25, 0.3) is 58.8 Å². The Morgan fingerprint density at radius 3 is 2.06 bits per heavy atom. The molecular formula is C45H32N4S. The quantitative estimate of drug-likeness (QED) is 0.193. The van der Waals surface area contributed by atoms with E-state index in [0.717, 1.165) is 22.6 Å². The Labute approximate surface area is 294 Å². The minimum atomic E-state index is -0.211. The topological polar surface area (TPSA) is 41.4 Å². The van der Waals surface area contributed by atoms with E-state index in [1.54, 1.807) is 0 Å². The molecule has 10 rings (SSSR count). The van der Waals surface area contributed by atoms with Gasteiger partial charge in [0.25, 0.3) is 0 Å². The van der Waals surface area contributed by atoms with Crippen molar-refractivity contribution in [3.8, 4) is 16.8 Å². The molecule has 2 unspecified atom stereocenters. The molecule has 2 aromatic heterocycles. The average Bonchev–Trinajstić information content (AvgIpc) is 3.74. The molecule has 0 fully saturated rings. The molecule has 0 bridgehead atoms. The van der Waals surface area contributed by atoms with E-state index in [9.17, 15) is 0 Å². The number of para-hydroxylation sites is 1. The molecule has 1 aliphatic rings. The van der Waals surface area contributed by atoms with Crippen LogP contribution in [0.2, 0.25) is 0 Å². The first-order valence-electron chi connectivity index (χ1n) is 17.0. The van der Waals surface area contributed by atoms with E-state index >= 15 is 0 Å². The zero-order valence-corrected chi connectivity index (χ0v) is 27.9. The summed E-state index contributed by atoms with van der Waals surface area (Å²) in [4.78, 5) is 5.16. The lowest BCUT2D eigenvalue weighted by atomic mass is 10.0. The maximum atomic E-state index is 5.16. The maximum Gasteiger partial charge on any atom is 0.131 e. The Balaban J connectivity index is 1.08. The fourth-order valence-electron chi connectivity index (χ4n) is 7.49. The number of aliphatic imine (C=N–C) groups is 1. The first-order chi connectivity index (χ1) is 24.8. The second-order valence-electron chi connectivity index (χ2n) is 12.9. The molecule has 0 saturated carbocycles. The average molecular weight is 661 g/mol. The van der Waals surface area contributed by atoms with E-state index in [0.29, 0.717) is 0 Å². The van der Waals surface area contributed by atoms with E-state index in [1.807, 2.05) is 17.4 Å². The summed E-state index contributed by atoms with van der Waals surface area (Å²) >= 11 is 1.88. The second-order valence-corrected chi connectivity index (χ2v) is 13.9. The molecule has 0 saturated heterocycles. The summed E-state index contributed by atoms with van der Waals surface area (Å²) in [6, 6.07) is 60.9. The number of aromatic nitrogens is 1. The Morgan fingerprint density at radius 2 is 1.22 bits per heavy atom. The molecule has 1 aliphatic heterocycles. The molecule has 2 atom stereocenters. The van der Waals surface area contributed by atoms with Crippen LogP contribution in [0.4, 0.5) is 0 Å². The highest BCUT2D eigenvalue weighted by atomic mass is 32.1. The Hall–Kier alpha value is -6.01. The fourth-order valence-corrected chi connectivity index (χ4v) is 8.72. The molecule has 5 heteroatoms. The maximum absolute atomic E-state index is 5.16. The van der Waals surface area contributed by atoms with Crippen molar-refractivity contribution >= 4 is 59.2 Å². The minimum Gasteiger partial charge on any atom is -0.350 e. The number of fused-ring (bicyclic) bond motifs is 6. The molecule has 50 heavy (non-hydrogen) atoms. The van der Waals surface area contributed by atoms with Crippen LogP contribution in [0.3, 0.4) is 0 Å². The molecule has 0 amide bonds. The fraction of sp³-hybridized carbons (Fsp3) is 0.0444. The zero-order chi connectivity index (χ0) is 33.0. The monoisotopic (exact) mass is 660 g/mol. The van der Waals surface area contributed by atoms with Gasteiger partial charge in [-0.05, 0) is 52.6 Å². The molecule has 4 nitrogen and oxygen atoms in total. The summed E-state index contributed by atoms with van der Waals surface area (Å²) in [6.07, 6.45) is -0.285. The van der Waals surface area contributed by atoms with Gasteiger partial charge in [0.05, 0.1) is 11.0 Å². The van der Waals surface area contributed by atoms with Crippen molar-refractivity contribution in [3.05, 3.63) is 187 Å². The van der Waals surface area contributed by atoms with Gasteiger partial charge in [0.1, 0.15) is 18.2 Å². The van der Waals surface area contributed by atoms with Crippen molar-refractivity contribution in [2.24, 2.45) is 4.99 Å². The lowest BCUT2D eigenvalue weighted by Crippen LogP contribution is -2.44. The SMILES string of the molecule is c1ccc(C2=NC(c3ccc(-n4c5ccccc5c5ccc(-c6cccc7c6sc6ccccc67)cc54)cc3)NC(c3ccccc3)N2)cc1. The Bertz CT molecular complexity index is 2710. The first kappa shape index (κ1) is 29.0. The van der Waals surface area contributed by atoms with Crippen LogP contribution in [0.1, 0.15) is 29.0 Å². The van der Waals surface area contributed by atoms with E-state index in [4.69, 9.17) is 4.99 Å². The zero-order valence-electron chi connectivity index (χ0n) is 27.1. The smallest absolute Gasteiger partial charge is 0.131 e. The lowest BCUT2D eigenvalue weighted by molar-refractivity contribution is 0.409. The van der Waals surface area contributed by atoms with Crippen LogP contribution in [-0.4, -0.2) is 10.4 Å². The van der Waals surface area contributed by atoms with E-state index in [-0.39, 0.29) is 12.3 Å². The number of hydrogen-bond donors (Lipinski definition) is 2. The van der Waals surface area contributed by atoms with Crippen molar-refractivity contribution in [2.45, 2.75) is 12.3 Å². The van der Waals surface area contributed by atoms with Gasteiger partial charge in [0.2, 0.25) is 0 Å².